The minimum Gasteiger partial charge on any atom is -0.317 e. The van der Waals surface area contributed by atoms with Crippen LogP contribution in [0.1, 0.15) is 39.2 Å². The van der Waals surface area contributed by atoms with E-state index in [2.05, 4.69) is 53.6 Å². The molecule has 3 heterocycles. The molecule has 1 aromatic heterocycles. The minimum absolute atomic E-state index is 0.0435. The summed E-state index contributed by atoms with van der Waals surface area (Å²) in [5, 5.41) is 16.0. The van der Waals surface area contributed by atoms with Crippen LogP contribution in [0, 0.1) is 40.0 Å². The van der Waals surface area contributed by atoms with Gasteiger partial charge in [0.05, 0.1) is 11.3 Å². The molecule has 34 heavy (non-hydrogen) atoms. The third-order valence-corrected chi connectivity index (χ3v) is 7.11. The second-order valence-corrected chi connectivity index (χ2v) is 9.65. The van der Waals surface area contributed by atoms with Crippen LogP contribution in [0.25, 0.3) is 11.8 Å². The number of nitrogens with zero attached hydrogens (tertiary/aromatic N) is 4. The number of thioether (sulfide) groups is 1. The Kier molecular flexibility index (Phi) is 5.37. The molecule has 6 nitrogen and oxygen atoms in total. The van der Waals surface area contributed by atoms with E-state index in [1.807, 2.05) is 44.2 Å². The van der Waals surface area contributed by atoms with Crippen LogP contribution in [0.5, 0.6) is 0 Å². The zero-order chi connectivity index (χ0) is 24.1. The standard InChI is InChI=1S/C27H25N5OS/c1-15-8-6-11-20(12-15)26-30-32-24(28)22(25(33)29-27(32)34-26)14-21-13-18(4)31(19(21)5)23-16(2)9-7-10-17(23)3/h6-14,28H,1-5H3. The Labute approximate surface area is 203 Å². The maximum absolute atomic E-state index is 12.9. The van der Waals surface area contributed by atoms with E-state index < -0.39 is 5.91 Å². The van der Waals surface area contributed by atoms with Gasteiger partial charge in [-0.05, 0) is 81.3 Å². The van der Waals surface area contributed by atoms with E-state index in [4.69, 9.17) is 5.41 Å². The number of hydrazone groups is 1. The lowest BCUT2D eigenvalue weighted by Gasteiger charge is -2.20. The number of benzene rings is 2. The lowest BCUT2D eigenvalue weighted by Crippen LogP contribution is -2.35. The second kappa shape index (κ2) is 8.25. The van der Waals surface area contributed by atoms with Crippen LogP contribution in [-0.2, 0) is 4.79 Å². The Bertz CT molecular complexity index is 1450. The summed E-state index contributed by atoms with van der Waals surface area (Å²) in [5.41, 5.74) is 8.80. The molecule has 2 aliphatic rings. The number of hydrogen-bond acceptors (Lipinski definition) is 4. The molecule has 170 valence electrons. The van der Waals surface area contributed by atoms with Crippen LogP contribution >= 0.6 is 11.8 Å². The monoisotopic (exact) mass is 467 g/mol. The number of hydrogen-bond donors (Lipinski definition) is 1. The zero-order valence-corrected chi connectivity index (χ0v) is 20.6. The fourth-order valence-electron chi connectivity index (χ4n) is 4.48. The number of carbonyl (C=O) groups excluding carboxylic acids is 1. The first kappa shape index (κ1) is 22.1. The van der Waals surface area contributed by atoms with E-state index in [-0.39, 0.29) is 11.4 Å². The first-order valence-electron chi connectivity index (χ1n) is 11.1. The van der Waals surface area contributed by atoms with Crippen LogP contribution in [0.4, 0.5) is 0 Å². The molecule has 1 amide bonds. The number of para-hydroxylation sites is 1. The van der Waals surface area contributed by atoms with Gasteiger partial charge >= 0.3 is 0 Å². The summed E-state index contributed by atoms with van der Waals surface area (Å²) in [6, 6.07) is 16.3. The minimum atomic E-state index is -0.415. The van der Waals surface area contributed by atoms with Gasteiger partial charge in [0.15, 0.2) is 5.84 Å². The number of carbonyl (C=O) groups is 1. The largest absolute Gasteiger partial charge is 0.317 e. The molecule has 3 aromatic rings. The number of rotatable bonds is 3. The third-order valence-electron chi connectivity index (χ3n) is 6.15. The van der Waals surface area contributed by atoms with Gasteiger partial charge in [0.1, 0.15) is 5.04 Å². The molecule has 0 spiro atoms. The van der Waals surface area contributed by atoms with E-state index in [1.54, 1.807) is 6.08 Å². The number of nitrogens with one attached hydrogen (secondary N) is 1. The van der Waals surface area contributed by atoms with Crippen molar-refractivity contribution in [2.24, 2.45) is 10.1 Å². The highest BCUT2D eigenvalue weighted by molar-refractivity contribution is 8.27. The van der Waals surface area contributed by atoms with Crippen molar-refractivity contribution in [2.75, 3.05) is 0 Å². The average Bonchev–Trinajstić information content (AvgIpc) is 3.33. The zero-order valence-electron chi connectivity index (χ0n) is 19.8. The van der Waals surface area contributed by atoms with E-state index in [0.29, 0.717) is 5.17 Å². The molecule has 1 N–H and O–H groups in total. The van der Waals surface area contributed by atoms with Crippen molar-refractivity contribution in [1.82, 2.24) is 9.58 Å². The smallest absolute Gasteiger partial charge is 0.283 e. The molecule has 5 rings (SSSR count). The SMILES string of the molecule is Cc1cccc(C2=NN3C(=N)C(=Cc4cc(C)n(-c5c(C)cccc5C)c4C)C(=O)N=C3S2)c1. The number of aliphatic imine (C=N–C) groups is 1. The Balaban J connectivity index is 1.54. The topological polar surface area (TPSA) is 73.8 Å². The van der Waals surface area contributed by atoms with Crippen molar-refractivity contribution < 1.29 is 4.79 Å². The van der Waals surface area contributed by atoms with E-state index in [1.165, 1.54) is 27.9 Å². The molecule has 0 radical (unpaired) electrons. The predicted octanol–water partition coefficient (Wildman–Crippen LogP) is 5.69. The van der Waals surface area contributed by atoms with Gasteiger partial charge in [-0.2, -0.15) is 15.1 Å². The average molecular weight is 468 g/mol. The van der Waals surface area contributed by atoms with Gasteiger partial charge in [0.2, 0.25) is 5.17 Å². The predicted molar refractivity (Wildman–Crippen MR) is 140 cm³/mol. The summed E-state index contributed by atoms with van der Waals surface area (Å²) >= 11 is 1.32. The molecule has 0 saturated heterocycles. The van der Waals surface area contributed by atoms with Crippen LogP contribution in [0.2, 0.25) is 0 Å². The highest BCUT2D eigenvalue weighted by Gasteiger charge is 2.36. The molecule has 0 fully saturated rings. The number of fused-ring (bicyclic) bond motifs is 1. The highest BCUT2D eigenvalue weighted by Crippen LogP contribution is 2.32. The number of aromatic nitrogens is 1. The molecule has 0 aliphatic carbocycles. The van der Waals surface area contributed by atoms with Crippen LogP contribution < -0.4 is 0 Å². The molecule has 0 unspecified atom stereocenters. The summed E-state index contributed by atoms with van der Waals surface area (Å²) in [6.45, 7) is 10.3. The number of aryl methyl sites for hydroxylation is 4. The first-order valence-corrected chi connectivity index (χ1v) is 11.9. The van der Waals surface area contributed by atoms with E-state index in [9.17, 15) is 4.79 Å². The molecule has 7 heteroatoms. The van der Waals surface area contributed by atoms with E-state index in [0.717, 1.165) is 38.8 Å². The Morgan fingerprint density at radius 1 is 0.971 bits per heavy atom. The van der Waals surface area contributed by atoms with Crippen LogP contribution in [0.15, 0.2) is 64.2 Å². The van der Waals surface area contributed by atoms with Gasteiger partial charge in [0.25, 0.3) is 5.91 Å². The molecule has 0 atom stereocenters. The summed E-state index contributed by atoms with van der Waals surface area (Å²) < 4.78 is 2.21. The van der Waals surface area contributed by atoms with Crippen molar-refractivity contribution in [1.29, 1.82) is 5.41 Å². The maximum Gasteiger partial charge on any atom is 0.283 e. The summed E-state index contributed by atoms with van der Waals surface area (Å²) in [7, 11) is 0. The Morgan fingerprint density at radius 3 is 2.38 bits per heavy atom. The quantitative estimate of drug-likeness (QED) is 0.503. The molecular weight excluding hydrogens is 442 g/mol. The van der Waals surface area contributed by atoms with E-state index >= 15 is 0 Å². The van der Waals surface area contributed by atoms with Gasteiger partial charge in [0, 0.05) is 17.0 Å². The number of amides is 1. The molecule has 0 bridgehead atoms. The van der Waals surface area contributed by atoms with Gasteiger partial charge in [-0.15, -0.1) is 0 Å². The fourth-order valence-corrected chi connectivity index (χ4v) is 5.37. The Hall–Kier alpha value is -3.71. The van der Waals surface area contributed by atoms with Crippen molar-refractivity contribution in [3.8, 4) is 5.69 Å². The molecule has 2 aliphatic heterocycles. The van der Waals surface area contributed by atoms with Crippen molar-refractivity contribution in [3.63, 3.8) is 0 Å². The molecule has 0 saturated carbocycles. The van der Waals surface area contributed by atoms with Gasteiger partial charge in [-0.25, -0.2) is 0 Å². The molecule has 2 aromatic carbocycles. The number of amidine groups is 2. The van der Waals surface area contributed by atoms with Gasteiger partial charge in [-0.1, -0.05) is 42.0 Å². The van der Waals surface area contributed by atoms with Crippen molar-refractivity contribution >= 4 is 39.8 Å². The lowest BCUT2D eigenvalue weighted by atomic mass is 10.1. The van der Waals surface area contributed by atoms with Crippen molar-refractivity contribution in [3.05, 3.63) is 93.3 Å². The fraction of sp³-hybridized carbons (Fsp3) is 0.185. The van der Waals surface area contributed by atoms with Crippen molar-refractivity contribution in [2.45, 2.75) is 34.6 Å². The summed E-state index contributed by atoms with van der Waals surface area (Å²) in [6.07, 6.45) is 1.77. The maximum atomic E-state index is 12.9. The second-order valence-electron chi connectivity index (χ2n) is 8.70. The van der Waals surface area contributed by atoms with Crippen LogP contribution in [-0.4, -0.2) is 31.5 Å². The summed E-state index contributed by atoms with van der Waals surface area (Å²) in [5.74, 6) is -0.372. The first-order chi connectivity index (χ1) is 16.2. The van der Waals surface area contributed by atoms with Gasteiger partial charge in [-0.3, -0.25) is 10.2 Å². The van der Waals surface area contributed by atoms with Gasteiger partial charge < -0.3 is 4.57 Å². The third kappa shape index (κ3) is 3.62. The molecular formula is C27H25N5OS. The summed E-state index contributed by atoms with van der Waals surface area (Å²) in [4.78, 5) is 17.2. The lowest BCUT2D eigenvalue weighted by molar-refractivity contribution is -0.114. The highest BCUT2D eigenvalue weighted by atomic mass is 32.2. The normalized spacial score (nSPS) is 16.7. The van der Waals surface area contributed by atoms with Crippen LogP contribution in [0.3, 0.4) is 0 Å². The Morgan fingerprint density at radius 2 is 1.68 bits per heavy atom.